The predicted molar refractivity (Wildman–Crippen MR) is 238 cm³/mol. The fourth-order valence-electron chi connectivity index (χ4n) is 11.1. The maximum Gasteiger partial charge on any atom is 0.134 e. The van der Waals surface area contributed by atoms with Gasteiger partial charge in [0, 0.05) is 69.2 Å². The molecule has 0 radical (unpaired) electrons. The molecule has 0 fully saturated rings. The number of hydrogen-bond acceptors (Lipinski definition) is 3. The van der Waals surface area contributed by atoms with Gasteiger partial charge in [-0.1, -0.05) is 97.1 Å². The normalized spacial score (nSPS) is 20.3. The molecule has 13 rings (SSSR count). The number of aromatic nitrogens is 1. The summed E-state index contributed by atoms with van der Waals surface area (Å²) >= 11 is 0. The maximum absolute atomic E-state index is 6.66. The third-order valence-corrected chi connectivity index (χ3v) is 13.7. The van der Waals surface area contributed by atoms with E-state index in [1.165, 1.54) is 84.3 Å². The van der Waals surface area contributed by atoms with Crippen LogP contribution in [0.15, 0.2) is 154 Å². The lowest BCUT2D eigenvalue weighted by molar-refractivity contribution is 0.504. The van der Waals surface area contributed by atoms with E-state index in [9.17, 15) is 0 Å². The molecule has 5 aliphatic rings. The minimum absolute atomic E-state index is 0.329. The number of allylic oxidation sites excluding steroid dienone is 4. The maximum atomic E-state index is 6.66. The van der Waals surface area contributed by atoms with Crippen molar-refractivity contribution >= 4 is 50.2 Å². The molecule has 0 saturated carbocycles. The Balaban J connectivity index is 0.896. The molecule has 3 aromatic heterocycles. The molecule has 0 spiro atoms. The van der Waals surface area contributed by atoms with E-state index in [1.54, 1.807) is 0 Å². The molecule has 4 heterocycles. The Hall–Kier alpha value is -6.52. The summed E-state index contributed by atoms with van der Waals surface area (Å²) in [5.74, 6) is 2.44. The van der Waals surface area contributed by atoms with Crippen LogP contribution in [0, 0.1) is 0 Å². The first kappa shape index (κ1) is 32.6. The standard InChI is InChI=1S/C54H42N2O2/c1-2-12-37(13-3-1)55-47-20-9-6-17-41(47)42-30-34(21-24-48(42)55)36-23-26-50-44(32-36)54-52(58-50)28-27-51-53(54)43-31-35(22-25-49(43)57-51)33-11-10-14-38(29-33)56-45-18-7-4-15-39(45)40-16-5-8-19-46(40)56/h1-2,4,6-11,14-15,17-26,29-32,37,42,48H,3,5,12-13,16,27-28H2. The van der Waals surface area contributed by atoms with E-state index < -0.39 is 0 Å². The van der Waals surface area contributed by atoms with Crippen molar-refractivity contribution in [2.75, 3.05) is 4.90 Å². The van der Waals surface area contributed by atoms with Gasteiger partial charge in [-0.3, -0.25) is 0 Å². The van der Waals surface area contributed by atoms with Gasteiger partial charge in [-0.25, -0.2) is 0 Å². The number of anilines is 1. The molecule has 4 nitrogen and oxygen atoms in total. The van der Waals surface area contributed by atoms with Crippen molar-refractivity contribution in [3.05, 3.63) is 180 Å². The summed E-state index contributed by atoms with van der Waals surface area (Å²) in [7, 11) is 0. The van der Waals surface area contributed by atoms with Crippen LogP contribution in [0.3, 0.4) is 0 Å². The molecule has 0 amide bonds. The van der Waals surface area contributed by atoms with Gasteiger partial charge in [0.1, 0.15) is 22.7 Å². The van der Waals surface area contributed by atoms with Gasteiger partial charge in [0.2, 0.25) is 0 Å². The fourth-order valence-corrected chi connectivity index (χ4v) is 11.1. The van der Waals surface area contributed by atoms with Crippen LogP contribution in [-0.4, -0.2) is 16.7 Å². The van der Waals surface area contributed by atoms with Gasteiger partial charge in [-0.05, 0) is 120 Å². The second kappa shape index (κ2) is 12.5. The lowest BCUT2D eigenvalue weighted by atomic mass is 9.85. The van der Waals surface area contributed by atoms with Crippen LogP contribution in [0.2, 0.25) is 0 Å². The number of benzene rings is 5. The molecular weight excluding hydrogens is 709 g/mol. The van der Waals surface area contributed by atoms with Crippen LogP contribution in [0.25, 0.3) is 72.4 Å². The third-order valence-electron chi connectivity index (χ3n) is 13.7. The zero-order valence-corrected chi connectivity index (χ0v) is 32.3. The highest BCUT2D eigenvalue weighted by Gasteiger charge is 2.40. The van der Waals surface area contributed by atoms with Gasteiger partial charge in [0.05, 0.1) is 11.6 Å². The van der Waals surface area contributed by atoms with Crippen molar-refractivity contribution in [1.82, 2.24) is 4.57 Å². The first-order valence-electron chi connectivity index (χ1n) is 21.2. The topological polar surface area (TPSA) is 34.5 Å². The number of aryl methyl sites for hydroxylation is 3. The average Bonchev–Trinajstić information content (AvgIpc) is 4.03. The number of furan rings is 2. The lowest BCUT2D eigenvalue weighted by Gasteiger charge is -2.37. The highest BCUT2D eigenvalue weighted by Crippen LogP contribution is 2.50. The molecule has 0 saturated heterocycles. The molecule has 4 heteroatoms. The summed E-state index contributed by atoms with van der Waals surface area (Å²) < 4.78 is 15.8. The molecule has 5 aromatic carbocycles. The van der Waals surface area contributed by atoms with E-state index in [2.05, 4.69) is 161 Å². The summed E-state index contributed by atoms with van der Waals surface area (Å²) in [5.41, 5.74) is 17.2. The Labute approximate surface area is 337 Å². The van der Waals surface area contributed by atoms with Gasteiger partial charge >= 0.3 is 0 Å². The molecule has 280 valence electrons. The average molecular weight is 751 g/mol. The van der Waals surface area contributed by atoms with Crippen LogP contribution in [0.4, 0.5) is 5.69 Å². The Morgan fingerprint density at radius 2 is 1.38 bits per heavy atom. The zero-order valence-electron chi connectivity index (χ0n) is 32.3. The van der Waals surface area contributed by atoms with Crippen molar-refractivity contribution in [2.24, 2.45) is 0 Å². The van der Waals surface area contributed by atoms with E-state index >= 15 is 0 Å². The predicted octanol–water partition coefficient (Wildman–Crippen LogP) is 13.5. The van der Waals surface area contributed by atoms with Gasteiger partial charge in [-0.2, -0.15) is 0 Å². The fraction of sp³-hybridized carbons (Fsp3) is 0.185. The van der Waals surface area contributed by atoms with Crippen molar-refractivity contribution in [3.63, 3.8) is 0 Å². The van der Waals surface area contributed by atoms with E-state index in [0.29, 0.717) is 18.0 Å². The molecule has 3 atom stereocenters. The van der Waals surface area contributed by atoms with Crippen molar-refractivity contribution in [1.29, 1.82) is 0 Å². The SMILES string of the molecule is C1=Cc2c(c3ccccc3n2-c2cccc(-c3ccc4oc5c(c4c3)-c3c(oc4ccc(C6=CC7c8ccccc8N(C8CC=CCC8)C7C=C6)cc34)CC5)c2)CC1. The first-order valence-corrected chi connectivity index (χ1v) is 21.2. The van der Waals surface area contributed by atoms with Crippen molar-refractivity contribution in [2.45, 2.75) is 62.9 Å². The van der Waals surface area contributed by atoms with Crippen molar-refractivity contribution in [3.8, 4) is 27.9 Å². The van der Waals surface area contributed by atoms with Crippen molar-refractivity contribution < 1.29 is 8.83 Å². The summed E-state index contributed by atoms with van der Waals surface area (Å²) in [6.07, 6.45) is 24.0. The minimum Gasteiger partial charge on any atom is -0.460 e. The summed E-state index contributed by atoms with van der Waals surface area (Å²) in [5, 5.41) is 3.67. The minimum atomic E-state index is 0.329. The van der Waals surface area contributed by atoms with Crippen LogP contribution >= 0.6 is 0 Å². The number of rotatable bonds is 4. The molecule has 3 unspecified atom stereocenters. The summed E-state index contributed by atoms with van der Waals surface area (Å²) in [6, 6.07) is 41.4. The largest absolute Gasteiger partial charge is 0.460 e. The Bertz CT molecular complexity index is 3140. The summed E-state index contributed by atoms with van der Waals surface area (Å²) in [6.45, 7) is 0. The number of nitrogens with zero attached hydrogens (tertiary/aromatic N) is 2. The van der Waals surface area contributed by atoms with Gasteiger partial charge < -0.3 is 18.3 Å². The van der Waals surface area contributed by atoms with Crippen LogP contribution < -0.4 is 4.90 Å². The molecule has 1 aliphatic heterocycles. The van der Waals surface area contributed by atoms with Crippen LogP contribution in [0.1, 0.15) is 65.5 Å². The lowest BCUT2D eigenvalue weighted by Crippen LogP contribution is -2.42. The zero-order chi connectivity index (χ0) is 37.9. The molecule has 0 N–H and O–H groups in total. The second-order valence-electron chi connectivity index (χ2n) is 16.8. The third kappa shape index (κ3) is 4.75. The molecule has 58 heavy (non-hydrogen) atoms. The van der Waals surface area contributed by atoms with Gasteiger partial charge in [-0.15, -0.1) is 0 Å². The number of fused-ring (bicyclic) bond motifs is 13. The van der Waals surface area contributed by atoms with Gasteiger partial charge in [0.25, 0.3) is 0 Å². The summed E-state index contributed by atoms with van der Waals surface area (Å²) in [4.78, 5) is 2.71. The van der Waals surface area contributed by atoms with Gasteiger partial charge in [0.15, 0.2) is 0 Å². The molecular formula is C54H42N2O2. The van der Waals surface area contributed by atoms with Crippen LogP contribution in [-0.2, 0) is 19.3 Å². The molecule has 4 aliphatic carbocycles. The Kier molecular flexibility index (Phi) is 7.01. The van der Waals surface area contributed by atoms with E-state index in [-0.39, 0.29) is 0 Å². The monoisotopic (exact) mass is 750 g/mol. The highest BCUT2D eigenvalue weighted by molar-refractivity contribution is 6.08. The van der Waals surface area contributed by atoms with E-state index in [4.69, 9.17) is 8.83 Å². The highest BCUT2D eigenvalue weighted by atomic mass is 16.3. The Morgan fingerprint density at radius 3 is 2.22 bits per heavy atom. The van der Waals surface area contributed by atoms with E-state index in [1.807, 2.05) is 0 Å². The van der Waals surface area contributed by atoms with Crippen LogP contribution in [0.5, 0.6) is 0 Å². The van der Waals surface area contributed by atoms with E-state index in [0.717, 1.165) is 66.6 Å². The smallest absolute Gasteiger partial charge is 0.134 e. The second-order valence-corrected chi connectivity index (χ2v) is 16.8. The number of hydrogen-bond donors (Lipinski definition) is 0. The first-order chi connectivity index (χ1) is 28.7. The quantitative estimate of drug-likeness (QED) is 0.168. The number of para-hydroxylation sites is 2. The molecule has 0 bridgehead atoms. The Morgan fingerprint density at radius 1 is 0.603 bits per heavy atom. The molecule has 8 aromatic rings.